The maximum absolute atomic E-state index is 12.8. The highest BCUT2D eigenvalue weighted by Crippen LogP contribution is 2.40. The second-order valence-corrected chi connectivity index (χ2v) is 16.6. The highest BCUT2D eigenvalue weighted by Gasteiger charge is 2.44. The number of aromatic nitrogens is 3. The number of carbonyl (C=O) groups excluding carboxylic acids is 1. The number of carbonyl (C=O) groups is 1. The molecule has 34 heavy (non-hydrogen) atoms. The van der Waals surface area contributed by atoms with Crippen molar-refractivity contribution in [2.45, 2.75) is 96.7 Å². The number of likely N-dealkylation sites (tertiary alicyclic amines) is 1. The molecule has 1 aromatic carbocycles. The van der Waals surface area contributed by atoms with Gasteiger partial charge in [0.05, 0.1) is 11.8 Å². The van der Waals surface area contributed by atoms with Crippen LogP contribution in [0.4, 0.5) is 4.79 Å². The topological polar surface area (TPSA) is 69.5 Å². The van der Waals surface area contributed by atoms with Crippen LogP contribution in [0.15, 0.2) is 36.5 Å². The molecule has 1 saturated heterocycles. The normalized spacial score (nSPS) is 19.8. The molecule has 0 bridgehead atoms. The van der Waals surface area contributed by atoms with Gasteiger partial charge in [-0.3, -0.25) is 4.68 Å². The second kappa shape index (κ2) is 10.2. The minimum absolute atomic E-state index is 0.0685. The van der Waals surface area contributed by atoms with E-state index in [0.29, 0.717) is 13.1 Å². The molecule has 0 N–H and O–H groups in total. The molecule has 188 valence electrons. The summed E-state index contributed by atoms with van der Waals surface area (Å²) in [5, 5.41) is 9.01. The largest absolute Gasteiger partial charge is 0.444 e. The Balaban J connectivity index is 1.76. The molecule has 2 heterocycles. The predicted octanol–water partition coefficient (Wildman–Crippen LogP) is 5.64. The van der Waals surface area contributed by atoms with E-state index in [0.717, 1.165) is 25.1 Å². The van der Waals surface area contributed by atoms with E-state index in [1.54, 1.807) is 4.90 Å². The quantitative estimate of drug-likeness (QED) is 0.495. The van der Waals surface area contributed by atoms with Crippen molar-refractivity contribution in [2.75, 3.05) is 13.1 Å². The van der Waals surface area contributed by atoms with Crippen molar-refractivity contribution < 1.29 is 14.0 Å². The predicted molar refractivity (Wildman–Crippen MR) is 137 cm³/mol. The molecule has 3 rings (SSSR count). The van der Waals surface area contributed by atoms with Crippen molar-refractivity contribution in [2.24, 2.45) is 0 Å². The van der Waals surface area contributed by atoms with Crippen molar-refractivity contribution in [3.05, 3.63) is 47.8 Å². The third-order valence-electron chi connectivity index (χ3n) is 6.87. The number of nitrogens with zero attached hydrogens (tertiary/aromatic N) is 4. The van der Waals surface area contributed by atoms with Gasteiger partial charge in [0, 0.05) is 31.7 Å². The maximum atomic E-state index is 12.8. The van der Waals surface area contributed by atoms with Crippen LogP contribution in [0, 0.1) is 0 Å². The molecule has 0 saturated carbocycles. The Labute approximate surface area is 205 Å². The van der Waals surface area contributed by atoms with Gasteiger partial charge in [-0.1, -0.05) is 56.3 Å². The van der Waals surface area contributed by atoms with Gasteiger partial charge in [-0.15, -0.1) is 5.10 Å². The highest BCUT2D eigenvalue weighted by molar-refractivity contribution is 6.74. The molecule has 1 aromatic heterocycles. The summed E-state index contributed by atoms with van der Waals surface area (Å²) in [5.74, 6) is 0.0956. The molecule has 1 amide bonds. The molecule has 1 aliphatic heterocycles. The van der Waals surface area contributed by atoms with Gasteiger partial charge in [0.15, 0.2) is 8.32 Å². The van der Waals surface area contributed by atoms with Crippen LogP contribution < -0.4 is 0 Å². The van der Waals surface area contributed by atoms with E-state index in [4.69, 9.17) is 9.16 Å². The molecule has 1 aliphatic rings. The van der Waals surface area contributed by atoms with Crippen LogP contribution in [0.3, 0.4) is 0 Å². The van der Waals surface area contributed by atoms with Gasteiger partial charge in [0.2, 0.25) is 0 Å². The lowest BCUT2D eigenvalue weighted by Gasteiger charge is -2.45. The Kier molecular flexibility index (Phi) is 7.92. The van der Waals surface area contributed by atoms with Crippen LogP contribution in [-0.2, 0) is 22.1 Å². The average Bonchev–Trinajstić information content (AvgIpc) is 3.19. The Morgan fingerprint density at radius 2 is 1.79 bits per heavy atom. The number of ether oxygens (including phenoxy) is 1. The van der Waals surface area contributed by atoms with Crippen LogP contribution in [0.2, 0.25) is 18.1 Å². The van der Waals surface area contributed by atoms with Crippen LogP contribution >= 0.6 is 0 Å². The van der Waals surface area contributed by atoms with Crippen molar-refractivity contribution in [3.63, 3.8) is 0 Å². The first-order chi connectivity index (χ1) is 15.7. The van der Waals surface area contributed by atoms with Crippen LogP contribution in [-0.4, -0.2) is 59.1 Å². The number of amides is 1. The molecule has 2 aromatic rings. The Hall–Kier alpha value is -2.19. The lowest BCUT2D eigenvalue weighted by Crippen LogP contribution is -2.53. The second-order valence-electron chi connectivity index (χ2n) is 11.9. The third-order valence-corrected chi connectivity index (χ3v) is 11.4. The smallest absolute Gasteiger partial charge is 0.410 e. The van der Waals surface area contributed by atoms with E-state index in [2.05, 4.69) is 74.6 Å². The fourth-order valence-electron chi connectivity index (χ4n) is 3.90. The number of hydrogen-bond acceptors (Lipinski definition) is 5. The first-order valence-electron chi connectivity index (χ1n) is 12.3. The minimum atomic E-state index is -2.06. The number of benzene rings is 1. The molecule has 7 nitrogen and oxygen atoms in total. The first kappa shape index (κ1) is 26.4. The van der Waals surface area contributed by atoms with Gasteiger partial charge in [-0.2, -0.15) is 0 Å². The zero-order valence-corrected chi connectivity index (χ0v) is 23.2. The van der Waals surface area contributed by atoms with E-state index in [9.17, 15) is 4.79 Å². The standard InChI is InChI=1S/C26H42N4O3Si/c1-25(2,3)32-24(31)29-16-15-21(23(19-29)33-34(7,8)26(4,5)6)22-18-30(28-27-22)17-14-20-12-10-9-11-13-20/h9-13,18,21,23H,14-17,19H2,1-8H3/t21-,23+/m0/s1. The van der Waals surface area contributed by atoms with Gasteiger partial charge in [0.1, 0.15) is 5.60 Å². The zero-order chi connectivity index (χ0) is 25.1. The molecular formula is C26H42N4O3Si. The van der Waals surface area contributed by atoms with Gasteiger partial charge in [-0.25, -0.2) is 4.79 Å². The Morgan fingerprint density at radius 3 is 2.41 bits per heavy atom. The summed E-state index contributed by atoms with van der Waals surface area (Å²) in [6.45, 7) is 18.8. The highest BCUT2D eigenvalue weighted by atomic mass is 28.4. The molecular weight excluding hydrogens is 444 g/mol. The fraction of sp³-hybridized carbons (Fsp3) is 0.654. The summed E-state index contributed by atoms with van der Waals surface area (Å²) in [5.41, 5.74) is 1.70. The molecule has 1 fully saturated rings. The lowest BCUT2D eigenvalue weighted by atomic mass is 9.91. The number of piperidine rings is 1. The van der Waals surface area contributed by atoms with Crippen LogP contribution in [0.1, 0.15) is 65.1 Å². The number of rotatable bonds is 6. The van der Waals surface area contributed by atoms with Crippen molar-refractivity contribution >= 4 is 14.4 Å². The van der Waals surface area contributed by atoms with Crippen molar-refractivity contribution in [1.82, 2.24) is 19.9 Å². The summed E-state index contributed by atoms with van der Waals surface area (Å²) in [6, 6.07) is 10.4. The molecule has 0 radical (unpaired) electrons. The molecule has 2 atom stereocenters. The number of aryl methyl sites for hydroxylation is 2. The van der Waals surface area contributed by atoms with Crippen LogP contribution in [0.25, 0.3) is 0 Å². The molecule has 0 spiro atoms. The van der Waals surface area contributed by atoms with Gasteiger partial charge in [-0.05, 0) is 57.3 Å². The third kappa shape index (κ3) is 6.92. The van der Waals surface area contributed by atoms with Crippen LogP contribution in [0.5, 0.6) is 0 Å². The Bertz CT molecular complexity index is 947. The van der Waals surface area contributed by atoms with E-state index in [1.165, 1.54) is 5.56 Å². The lowest BCUT2D eigenvalue weighted by molar-refractivity contribution is 0.000682. The fourth-order valence-corrected chi connectivity index (χ4v) is 5.25. The monoisotopic (exact) mass is 486 g/mol. The van der Waals surface area contributed by atoms with E-state index < -0.39 is 13.9 Å². The Morgan fingerprint density at radius 1 is 1.12 bits per heavy atom. The zero-order valence-electron chi connectivity index (χ0n) is 22.2. The summed E-state index contributed by atoms with van der Waals surface area (Å²) < 4.78 is 14.4. The average molecular weight is 487 g/mol. The SMILES string of the molecule is CC(C)(C)OC(=O)N1CC[C@@H](c2cn(CCc3ccccc3)nn2)[C@H](O[Si](C)(C)C(C)(C)C)C1. The van der Waals surface area contributed by atoms with Crippen molar-refractivity contribution in [1.29, 1.82) is 0 Å². The summed E-state index contributed by atoms with van der Waals surface area (Å²) in [4.78, 5) is 14.6. The van der Waals surface area contributed by atoms with Gasteiger partial charge < -0.3 is 14.1 Å². The van der Waals surface area contributed by atoms with E-state index in [1.807, 2.05) is 31.5 Å². The van der Waals surface area contributed by atoms with E-state index in [-0.39, 0.29) is 23.2 Å². The maximum Gasteiger partial charge on any atom is 0.410 e. The summed E-state index contributed by atoms with van der Waals surface area (Å²) >= 11 is 0. The van der Waals surface area contributed by atoms with Gasteiger partial charge in [0.25, 0.3) is 0 Å². The minimum Gasteiger partial charge on any atom is -0.444 e. The van der Waals surface area contributed by atoms with Gasteiger partial charge >= 0.3 is 6.09 Å². The summed E-state index contributed by atoms with van der Waals surface area (Å²) in [7, 11) is -2.06. The van der Waals surface area contributed by atoms with Crippen molar-refractivity contribution in [3.8, 4) is 0 Å². The summed E-state index contributed by atoms with van der Waals surface area (Å²) in [6.07, 6.45) is 3.32. The first-order valence-corrected chi connectivity index (χ1v) is 15.3. The molecule has 0 aliphatic carbocycles. The van der Waals surface area contributed by atoms with E-state index >= 15 is 0 Å². The molecule has 8 heteroatoms. The molecule has 0 unspecified atom stereocenters. The number of hydrogen-bond donors (Lipinski definition) is 0.